The summed E-state index contributed by atoms with van der Waals surface area (Å²) in [4.78, 5) is 5.16. The Hall–Kier alpha value is -3.45. The number of rotatable bonds is 4. The van der Waals surface area contributed by atoms with Gasteiger partial charge in [-0.2, -0.15) is 9.61 Å². The van der Waals surface area contributed by atoms with Crippen LogP contribution in [0.1, 0.15) is 11.4 Å². The molecule has 0 fully saturated rings. The van der Waals surface area contributed by atoms with Gasteiger partial charge in [0.05, 0.1) is 11.2 Å². The average Bonchev–Trinajstić information content (AvgIpc) is 3.15. The second-order valence-electron chi connectivity index (χ2n) is 6.79. The molecule has 6 nitrogen and oxygen atoms in total. The van der Waals surface area contributed by atoms with Gasteiger partial charge in [0.25, 0.3) is 0 Å². The monoisotopic (exact) mass is 399 g/mol. The van der Waals surface area contributed by atoms with Crippen molar-refractivity contribution in [1.29, 1.82) is 0 Å². The van der Waals surface area contributed by atoms with E-state index in [1.165, 1.54) is 0 Å². The normalized spacial score (nSPS) is 12.4. The lowest BCUT2D eigenvalue weighted by Crippen LogP contribution is -2.01. The van der Waals surface area contributed by atoms with Gasteiger partial charge >= 0.3 is 0 Å². The van der Waals surface area contributed by atoms with Crippen LogP contribution < -0.4 is 0 Å². The highest BCUT2D eigenvalue weighted by Gasteiger charge is 2.10. The third kappa shape index (κ3) is 3.40. The summed E-state index contributed by atoms with van der Waals surface area (Å²) in [5.41, 5.74) is 4.57. The molecule has 0 spiro atoms. The first-order chi connectivity index (χ1) is 14.2. The van der Waals surface area contributed by atoms with E-state index in [1.54, 1.807) is 17.0 Å². The second kappa shape index (κ2) is 7.18. The van der Waals surface area contributed by atoms with E-state index in [2.05, 4.69) is 33.4 Å². The Bertz CT molecular complexity index is 1360. The predicted octanol–water partition coefficient (Wildman–Crippen LogP) is 3.67. The largest absolute Gasteiger partial charge is 0.256 e. The van der Waals surface area contributed by atoms with Gasteiger partial charge in [-0.3, -0.25) is 9.19 Å². The molecule has 0 aliphatic carbocycles. The average molecular weight is 399 g/mol. The summed E-state index contributed by atoms with van der Waals surface area (Å²) >= 11 is 0. The molecule has 0 saturated heterocycles. The van der Waals surface area contributed by atoms with Crippen LogP contribution in [0.25, 0.3) is 27.8 Å². The van der Waals surface area contributed by atoms with E-state index in [-0.39, 0.29) is 0 Å². The minimum atomic E-state index is -0.996. The maximum Gasteiger partial charge on any atom is 0.177 e. The zero-order chi connectivity index (χ0) is 19.8. The molecule has 3 heterocycles. The van der Waals surface area contributed by atoms with Crippen molar-refractivity contribution in [1.82, 2.24) is 24.8 Å². The summed E-state index contributed by atoms with van der Waals surface area (Å²) in [5.74, 6) is 0.774. The molecule has 3 aromatic heterocycles. The third-order valence-electron chi connectivity index (χ3n) is 4.84. The SMILES string of the molecule is CS(=O)c1ccc(-c2ccc3nnc(Cc4ccc5ncccc5c4)n3n2)cc1. The number of fused-ring (bicyclic) bond motifs is 2. The summed E-state index contributed by atoms with van der Waals surface area (Å²) < 4.78 is 13.4. The van der Waals surface area contributed by atoms with Crippen LogP contribution in [0.3, 0.4) is 0 Å². The van der Waals surface area contributed by atoms with E-state index in [0.717, 1.165) is 38.4 Å². The highest BCUT2D eigenvalue weighted by Crippen LogP contribution is 2.20. The van der Waals surface area contributed by atoms with Crippen molar-refractivity contribution in [3.05, 3.63) is 84.3 Å². The molecule has 0 N–H and O–H groups in total. The van der Waals surface area contributed by atoms with E-state index >= 15 is 0 Å². The molecular weight excluding hydrogens is 382 g/mol. The summed E-state index contributed by atoms with van der Waals surface area (Å²) in [6, 6.07) is 21.6. The topological polar surface area (TPSA) is 73.0 Å². The van der Waals surface area contributed by atoms with Crippen molar-refractivity contribution in [2.24, 2.45) is 0 Å². The van der Waals surface area contributed by atoms with Crippen molar-refractivity contribution < 1.29 is 4.21 Å². The summed E-state index contributed by atoms with van der Waals surface area (Å²) in [7, 11) is -0.996. The molecule has 2 aromatic carbocycles. The van der Waals surface area contributed by atoms with Crippen LogP contribution in [0.4, 0.5) is 0 Å². The van der Waals surface area contributed by atoms with Gasteiger partial charge < -0.3 is 0 Å². The molecule has 5 rings (SSSR count). The van der Waals surface area contributed by atoms with Gasteiger partial charge in [-0.15, -0.1) is 10.2 Å². The van der Waals surface area contributed by atoms with E-state index in [1.807, 2.05) is 48.5 Å². The number of benzene rings is 2. The highest BCUT2D eigenvalue weighted by molar-refractivity contribution is 7.84. The standard InChI is InChI=1S/C22H17N5OS/c1-29(28)18-7-5-16(6-8-18)20-10-11-21-24-25-22(27(21)26-20)14-15-4-9-19-17(13-15)3-2-12-23-19/h2-13H,14H2,1H3. The smallest absolute Gasteiger partial charge is 0.177 e. The van der Waals surface area contributed by atoms with Crippen LogP contribution in [0.15, 0.2) is 77.8 Å². The Morgan fingerprint density at radius 3 is 2.66 bits per heavy atom. The summed E-state index contributed by atoms with van der Waals surface area (Å²) in [5, 5.41) is 14.4. The molecule has 1 unspecified atom stereocenters. The first kappa shape index (κ1) is 17.6. The van der Waals surface area contributed by atoms with Crippen LogP contribution in [-0.2, 0) is 17.2 Å². The van der Waals surface area contributed by atoms with Crippen molar-refractivity contribution >= 4 is 27.3 Å². The number of hydrogen-bond donors (Lipinski definition) is 0. The van der Waals surface area contributed by atoms with Gasteiger partial charge in [-0.1, -0.05) is 24.3 Å². The molecule has 142 valence electrons. The minimum Gasteiger partial charge on any atom is -0.256 e. The van der Waals surface area contributed by atoms with Gasteiger partial charge in [0.15, 0.2) is 11.5 Å². The van der Waals surface area contributed by atoms with Crippen molar-refractivity contribution in [3.8, 4) is 11.3 Å². The van der Waals surface area contributed by atoms with Crippen LogP contribution in [0.2, 0.25) is 0 Å². The van der Waals surface area contributed by atoms with E-state index < -0.39 is 10.8 Å². The molecule has 0 saturated carbocycles. The highest BCUT2D eigenvalue weighted by atomic mass is 32.2. The Morgan fingerprint density at radius 2 is 1.83 bits per heavy atom. The molecule has 0 aliphatic heterocycles. The Morgan fingerprint density at radius 1 is 0.966 bits per heavy atom. The molecule has 0 amide bonds. The molecule has 7 heteroatoms. The predicted molar refractivity (Wildman–Crippen MR) is 113 cm³/mol. The van der Waals surface area contributed by atoms with E-state index in [9.17, 15) is 4.21 Å². The lowest BCUT2D eigenvalue weighted by molar-refractivity contribution is 0.687. The van der Waals surface area contributed by atoms with E-state index in [4.69, 9.17) is 5.10 Å². The van der Waals surface area contributed by atoms with Gasteiger partial charge in [-0.25, -0.2) is 0 Å². The molecule has 0 bridgehead atoms. The van der Waals surface area contributed by atoms with Gasteiger partial charge in [-0.05, 0) is 48.0 Å². The van der Waals surface area contributed by atoms with Gasteiger partial charge in [0, 0.05) is 45.5 Å². The fraction of sp³-hybridized carbons (Fsp3) is 0.0909. The molecular formula is C22H17N5OS. The minimum absolute atomic E-state index is 0.621. The number of hydrogen-bond acceptors (Lipinski definition) is 5. The quantitative estimate of drug-likeness (QED) is 0.461. The van der Waals surface area contributed by atoms with Crippen LogP contribution >= 0.6 is 0 Å². The summed E-state index contributed by atoms with van der Waals surface area (Å²) in [6.45, 7) is 0. The van der Waals surface area contributed by atoms with Crippen LogP contribution in [0.5, 0.6) is 0 Å². The zero-order valence-electron chi connectivity index (χ0n) is 15.7. The first-order valence-corrected chi connectivity index (χ1v) is 10.7. The fourth-order valence-corrected chi connectivity index (χ4v) is 3.85. The molecule has 0 aliphatic rings. The maximum absolute atomic E-state index is 11.6. The number of nitrogens with zero attached hydrogens (tertiary/aromatic N) is 5. The number of pyridine rings is 1. The van der Waals surface area contributed by atoms with Gasteiger partial charge in [0.1, 0.15) is 0 Å². The van der Waals surface area contributed by atoms with Crippen molar-refractivity contribution in [2.45, 2.75) is 11.3 Å². The van der Waals surface area contributed by atoms with Crippen molar-refractivity contribution in [3.63, 3.8) is 0 Å². The lowest BCUT2D eigenvalue weighted by atomic mass is 10.1. The molecule has 0 radical (unpaired) electrons. The fourth-order valence-electron chi connectivity index (χ4n) is 3.33. The second-order valence-corrected chi connectivity index (χ2v) is 8.17. The van der Waals surface area contributed by atoms with Crippen molar-refractivity contribution in [2.75, 3.05) is 6.26 Å². The zero-order valence-corrected chi connectivity index (χ0v) is 16.5. The van der Waals surface area contributed by atoms with E-state index in [0.29, 0.717) is 12.1 Å². The maximum atomic E-state index is 11.6. The Kier molecular flexibility index (Phi) is 4.37. The van der Waals surface area contributed by atoms with Crippen LogP contribution in [0, 0.1) is 0 Å². The third-order valence-corrected chi connectivity index (χ3v) is 5.78. The summed E-state index contributed by atoms with van der Waals surface area (Å²) in [6.07, 6.45) is 4.09. The Balaban J connectivity index is 1.51. The number of aromatic nitrogens is 5. The molecule has 5 aromatic rings. The van der Waals surface area contributed by atoms with Gasteiger partial charge in [0.2, 0.25) is 0 Å². The lowest BCUT2D eigenvalue weighted by Gasteiger charge is -2.05. The first-order valence-electron chi connectivity index (χ1n) is 9.16. The van der Waals surface area contributed by atoms with Crippen LogP contribution in [-0.4, -0.2) is 35.3 Å². The molecule has 1 atom stereocenters. The molecule has 29 heavy (non-hydrogen) atoms. The Labute approximate surface area is 169 Å².